The predicted molar refractivity (Wildman–Crippen MR) is 169 cm³/mol. The number of hydrogen-bond donors (Lipinski definition) is 2. The van der Waals surface area contributed by atoms with E-state index < -0.39 is 25.9 Å². The van der Waals surface area contributed by atoms with E-state index >= 15 is 4.39 Å². The Balaban J connectivity index is 1.28. The molecular formula is C33H36F2N5O4Si+. The largest absolute Gasteiger partial charge is 0.434 e. The first kappa shape index (κ1) is 31.7. The van der Waals surface area contributed by atoms with Crippen molar-refractivity contribution in [2.45, 2.75) is 51.9 Å². The summed E-state index contributed by atoms with van der Waals surface area (Å²) in [6.45, 7) is 12.3. The van der Waals surface area contributed by atoms with Gasteiger partial charge < -0.3 is 19.0 Å². The molecule has 0 atom stereocenters. The highest BCUT2D eigenvalue weighted by molar-refractivity contribution is 6.74. The van der Waals surface area contributed by atoms with Crippen LogP contribution in [0, 0.1) is 11.6 Å². The number of carbonyl (C=O) groups is 1. The van der Waals surface area contributed by atoms with Gasteiger partial charge in [-0.1, -0.05) is 20.8 Å². The van der Waals surface area contributed by atoms with Crippen LogP contribution in [0.5, 0.6) is 11.6 Å². The number of benzene rings is 2. The minimum Gasteiger partial charge on any atom is -0.434 e. The number of aromatic nitrogens is 4. The Bertz CT molecular complexity index is 1840. The van der Waals surface area contributed by atoms with Crippen LogP contribution in [0.15, 0.2) is 79.3 Å². The highest BCUT2D eigenvalue weighted by Crippen LogP contribution is 2.36. The molecule has 3 aromatic heterocycles. The predicted octanol–water partition coefficient (Wildman–Crippen LogP) is 7.36. The lowest BCUT2D eigenvalue weighted by Crippen LogP contribution is -2.41. The van der Waals surface area contributed by atoms with Gasteiger partial charge in [0.15, 0.2) is 19.9 Å². The lowest BCUT2D eigenvalue weighted by atomic mass is 10.1. The fourth-order valence-corrected chi connectivity index (χ4v) is 5.60. The van der Waals surface area contributed by atoms with Crippen molar-refractivity contribution in [2.75, 3.05) is 11.9 Å². The molecule has 0 radical (unpaired) electrons. The lowest BCUT2D eigenvalue weighted by Gasteiger charge is -2.36. The number of carbonyl (C=O) groups excluding carboxylic acids is 1. The van der Waals surface area contributed by atoms with Gasteiger partial charge >= 0.3 is 11.6 Å². The van der Waals surface area contributed by atoms with Crippen molar-refractivity contribution >= 4 is 30.9 Å². The van der Waals surface area contributed by atoms with Gasteiger partial charge in [-0.05, 0) is 73.1 Å². The summed E-state index contributed by atoms with van der Waals surface area (Å²) < 4.78 is 43.5. The Morgan fingerprint density at radius 3 is 2.51 bits per heavy atom. The Morgan fingerprint density at radius 2 is 1.80 bits per heavy atom. The molecule has 2 N–H and O–H groups in total. The third-order valence-corrected chi connectivity index (χ3v) is 12.6. The molecule has 234 valence electrons. The first-order chi connectivity index (χ1) is 21.3. The highest BCUT2D eigenvalue weighted by Gasteiger charge is 2.36. The third-order valence-electron chi connectivity index (χ3n) is 8.06. The van der Waals surface area contributed by atoms with Gasteiger partial charge in [0.05, 0.1) is 11.1 Å². The number of halogens is 2. The van der Waals surface area contributed by atoms with Crippen molar-refractivity contribution in [2.24, 2.45) is 0 Å². The Labute approximate surface area is 261 Å². The molecule has 12 heteroatoms. The van der Waals surface area contributed by atoms with Gasteiger partial charge in [-0.2, -0.15) is 4.98 Å². The number of amides is 1. The normalized spacial score (nSPS) is 12.0. The van der Waals surface area contributed by atoms with Crippen LogP contribution in [-0.4, -0.2) is 40.6 Å². The van der Waals surface area contributed by atoms with E-state index in [1.54, 1.807) is 12.1 Å². The van der Waals surface area contributed by atoms with E-state index in [-0.39, 0.29) is 33.7 Å². The summed E-state index contributed by atoms with van der Waals surface area (Å²) in [6.07, 6.45) is 4.03. The van der Waals surface area contributed by atoms with Gasteiger partial charge in [0.1, 0.15) is 17.7 Å². The molecule has 5 aromatic rings. The zero-order valence-corrected chi connectivity index (χ0v) is 26.8. The maximum absolute atomic E-state index is 15.2. The number of fused-ring (bicyclic) bond motifs is 1. The van der Waals surface area contributed by atoms with Gasteiger partial charge in [0.2, 0.25) is 5.88 Å². The van der Waals surface area contributed by atoms with Gasteiger partial charge in [-0.15, -0.1) is 0 Å². The summed E-state index contributed by atoms with van der Waals surface area (Å²) in [5.41, 5.74) is 2.13. The Kier molecular flexibility index (Phi) is 8.98. The summed E-state index contributed by atoms with van der Waals surface area (Å²) in [6, 6.07) is 15.9. The van der Waals surface area contributed by atoms with E-state index in [0.717, 1.165) is 12.5 Å². The van der Waals surface area contributed by atoms with Crippen LogP contribution in [0.3, 0.4) is 0 Å². The number of nitrogens with one attached hydrogen (secondary N) is 1. The molecular weight excluding hydrogens is 596 g/mol. The fraction of sp³-hybridized carbons (Fsp3) is 0.273. The van der Waals surface area contributed by atoms with E-state index in [4.69, 9.17) is 9.16 Å². The molecule has 1 amide bonds. The smallest absolute Gasteiger partial charge is 0.325 e. The summed E-state index contributed by atoms with van der Waals surface area (Å²) in [5.74, 6) is -1.71. The van der Waals surface area contributed by atoms with Crippen LogP contribution in [0.4, 0.5) is 14.5 Å². The number of anilines is 1. The number of pyridine rings is 1. The topological polar surface area (TPSA) is 102 Å². The first-order valence-corrected chi connectivity index (χ1v) is 17.5. The Hall–Kier alpha value is -4.68. The number of ether oxygens (including phenoxy) is 1. The quantitative estimate of drug-likeness (QED) is 0.0722. The SMILES string of the molecule is CC(C)(C)[Si](C)(C)OCCCn1ccc2ncnc(Oc3ccc(NC(=O)c4cccc(-c5ccc(F)cc5)[n+]4O)cc3F)c21. The van der Waals surface area contributed by atoms with Crippen molar-refractivity contribution in [3.63, 3.8) is 0 Å². The Morgan fingerprint density at radius 1 is 1.04 bits per heavy atom. The molecule has 0 aliphatic heterocycles. The van der Waals surface area contributed by atoms with Crippen molar-refractivity contribution in [3.8, 4) is 22.9 Å². The molecule has 0 bridgehead atoms. The second-order valence-electron chi connectivity index (χ2n) is 12.2. The zero-order chi connectivity index (χ0) is 32.4. The lowest BCUT2D eigenvalue weighted by molar-refractivity contribution is -0.897. The fourth-order valence-electron chi connectivity index (χ4n) is 4.52. The monoisotopic (exact) mass is 632 g/mol. The molecule has 0 aliphatic carbocycles. The van der Waals surface area contributed by atoms with Crippen LogP contribution in [0.1, 0.15) is 37.7 Å². The molecule has 9 nitrogen and oxygen atoms in total. The number of rotatable bonds is 10. The molecule has 3 heterocycles. The van der Waals surface area contributed by atoms with Crippen LogP contribution in [0.2, 0.25) is 18.1 Å². The average molecular weight is 633 g/mol. The van der Waals surface area contributed by atoms with Crippen molar-refractivity contribution in [1.29, 1.82) is 0 Å². The van der Waals surface area contributed by atoms with Gasteiger partial charge in [0.25, 0.3) is 5.69 Å². The third kappa shape index (κ3) is 7.02. The molecule has 0 saturated heterocycles. The van der Waals surface area contributed by atoms with Crippen LogP contribution >= 0.6 is 0 Å². The van der Waals surface area contributed by atoms with Gasteiger partial charge in [-0.25, -0.2) is 13.8 Å². The second-order valence-corrected chi connectivity index (χ2v) is 17.0. The van der Waals surface area contributed by atoms with E-state index in [1.807, 2.05) is 16.8 Å². The number of hydrogen-bond acceptors (Lipinski definition) is 6. The van der Waals surface area contributed by atoms with E-state index in [1.165, 1.54) is 48.8 Å². The zero-order valence-electron chi connectivity index (χ0n) is 25.8. The van der Waals surface area contributed by atoms with Crippen LogP contribution in [0.25, 0.3) is 22.3 Å². The van der Waals surface area contributed by atoms with Crippen molar-refractivity contribution < 1.29 is 32.7 Å². The molecule has 0 spiro atoms. The summed E-state index contributed by atoms with van der Waals surface area (Å²) >= 11 is 0. The van der Waals surface area contributed by atoms with E-state index in [9.17, 15) is 14.4 Å². The maximum Gasteiger partial charge on any atom is 0.325 e. The minimum atomic E-state index is -1.86. The summed E-state index contributed by atoms with van der Waals surface area (Å²) in [7, 11) is -1.86. The molecule has 0 fully saturated rings. The van der Waals surface area contributed by atoms with E-state index in [0.29, 0.717) is 34.5 Å². The average Bonchev–Trinajstić information content (AvgIpc) is 3.41. The second kappa shape index (κ2) is 12.7. The number of nitrogens with zero attached hydrogens (tertiary/aromatic N) is 4. The van der Waals surface area contributed by atoms with Gasteiger partial charge in [0, 0.05) is 48.0 Å². The van der Waals surface area contributed by atoms with Gasteiger partial charge in [-0.3, -0.25) is 10.0 Å². The first-order valence-electron chi connectivity index (χ1n) is 14.6. The molecule has 0 aliphatic rings. The van der Waals surface area contributed by atoms with Crippen molar-refractivity contribution in [1.82, 2.24) is 14.5 Å². The molecule has 5 rings (SSSR count). The maximum atomic E-state index is 15.2. The number of aryl methyl sites for hydroxylation is 1. The summed E-state index contributed by atoms with van der Waals surface area (Å²) in [5, 5.41) is 13.4. The minimum absolute atomic E-state index is 0.0856. The van der Waals surface area contributed by atoms with Crippen molar-refractivity contribution in [3.05, 3.63) is 96.6 Å². The van der Waals surface area contributed by atoms with E-state index in [2.05, 4.69) is 49.1 Å². The molecule has 0 unspecified atom stereocenters. The summed E-state index contributed by atoms with van der Waals surface area (Å²) in [4.78, 5) is 21.6. The molecule has 45 heavy (non-hydrogen) atoms. The standard InChI is InChI=1S/C33H35F2N5O4Si/c1-33(2,3)45(4,5)43-19-7-17-39-18-16-26-30(39)32(37-21-36-26)44-29-15-14-24(20-25(29)35)38-31(41)28-9-6-8-27(40(28)42)22-10-12-23(34)13-11-22/h6,8-16,18,20-21H,7,17,19H2,1-5H3,(H-,38,41,42)/p+1. The molecule has 0 saturated carbocycles. The highest BCUT2D eigenvalue weighted by atomic mass is 28.4. The van der Waals surface area contributed by atoms with Crippen LogP contribution < -0.4 is 14.8 Å². The molecule has 2 aromatic carbocycles. The van der Waals surface area contributed by atoms with Crippen LogP contribution in [-0.2, 0) is 11.0 Å².